The van der Waals surface area contributed by atoms with E-state index in [9.17, 15) is 13.2 Å². The number of anilines is 1. The summed E-state index contributed by atoms with van der Waals surface area (Å²) in [4.78, 5) is 15.0. The zero-order chi connectivity index (χ0) is 21.5. The van der Waals surface area contributed by atoms with E-state index in [0.717, 1.165) is 29.8 Å². The van der Waals surface area contributed by atoms with Crippen molar-refractivity contribution in [2.45, 2.75) is 50.0 Å². The SMILES string of the molecule is CC(Oc1ccc2c(c1)CCCC2)C(=O)N1CCc2cc(S(=O)(=O)N(C)C)ccc21. The Hall–Kier alpha value is -2.38. The zero-order valence-electron chi connectivity index (χ0n) is 17.7. The number of fused-ring (bicyclic) bond motifs is 2. The third-order valence-corrected chi connectivity index (χ3v) is 7.78. The molecular formula is C23H28N2O4S. The van der Waals surface area contributed by atoms with Gasteiger partial charge in [-0.15, -0.1) is 0 Å². The molecule has 0 fully saturated rings. The van der Waals surface area contributed by atoms with E-state index in [2.05, 4.69) is 12.1 Å². The van der Waals surface area contributed by atoms with Gasteiger partial charge in [0, 0.05) is 26.3 Å². The van der Waals surface area contributed by atoms with Gasteiger partial charge in [0.2, 0.25) is 10.0 Å². The highest BCUT2D eigenvalue weighted by atomic mass is 32.2. The van der Waals surface area contributed by atoms with Crippen LogP contribution >= 0.6 is 0 Å². The Bertz CT molecular complexity index is 1080. The molecule has 160 valence electrons. The van der Waals surface area contributed by atoms with E-state index in [1.807, 2.05) is 6.07 Å². The second-order valence-corrected chi connectivity index (χ2v) is 10.4. The zero-order valence-corrected chi connectivity index (χ0v) is 18.5. The molecule has 6 nitrogen and oxygen atoms in total. The average molecular weight is 429 g/mol. The monoisotopic (exact) mass is 428 g/mol. The maximum atomic E-state index is 13.1. The highest BCUT2D eigenvalue weighted by Crippen LogP contribution is 2.32. The fourth-order valence-corrected chi connectivity index (χ4v) is 5.19. The molecule has 0 bridgehead atoms. The van der Waals surface area contributed by atoms with Crippen LogP contribution in [-0.2, 0) is 34.1 Å². The second kappa shape index (κ2) is 8.04. The largest absolute Gasteiger partial charge is 0.481 e. The molecule has 0 spiro atoms. The van der Waals surface area contributed by atoms with E-state index in [4.69, 9.17) is 4.74 Å². The molecule has 30 heavy (non-hydrogen) atoms. The highest BCUT2D eigenvalue weighted by molar-refractivity contribution is 7.89. The molecule has 2 aromatic carbocycles. The van der Waals surface area contributed by atoms with Crippen molar-refractivity contribution in [3.63, 3.8) is 0 Å². The van der Waals surface area contributed by atoms with Crippen LogP contribution in [-0.4, -0.2) is 45.4 Å². The van der Waals surface area contributed by atoms with Gasteiger partial charge in [-0.25, -0.2) is 12.7 Å². The van der Waals surface area contributed by atoms with E-state index in [0.29, 0.717) is 13.0 Å². The van der Waals surface area contributed by atoms with Gasteiger partial charge in [0.05, 0.1) is 4.90 Å². The number of carbonyl (C=O) groups is 1. The first-order valence-corrected chi connectivity index (χ1v) is 11.9. The van der Waals surface area contributed by atoms with Crippen LogP contribution in [0.4, 0.5) is 5.69 Å². The quantitative estimate of drug-likeness (QED) is 0.734. The van der Waals surface area contributed by atoms with Gasteiger partial charge in [0.1, 0.15) is 5.75 Å². The second-order valence-electron chi connectivity index (χ2n) is 8.22. The number of sulfonamides is 1. The molecule has 0 saturated carbocycles. The van der Waals surface area contributed by atoms with Crippen molar-refractivity contribution >= 4 is 21.6 Å². The Balaban J connectivity index is 1.50. The lowest BCUT2D eigenvalue weighted by Crippen LogP contribution is -2.39. The number of amides is 1. The number of benzene rings is 2. The molecule has 1 amide bonds. The minimum atomic E-state index is -3.50. The summed E-state index contributed by atoms with van der Waals surface area (Å²) in [6.07, 6.45) is 4.60. The predicted octanol–water partition coefficient (Wildman–Crippen LogP) is 3.17. The molecule has 1 unspecified atom stereocenters. The Kier molecular flexibility index (Phi) is 5.59. The van der Waals surface area contributed by atoms with E-state index < -0.39 is 16.1 Å². The van der Waals surface area contributed by atoms with Gasteiger partial charge in [-0.05, 0) is 86.1 Å². The number of aryl methyl sites for hydroxylation is 2. The van der Waals surface area contributed by atoms with Crippen LogP contribution in [0.3, 0.4) is 0 Å². The van der Waals surface area contributed by atoms with Crippen molar-refractivity contribution in [2.75, 3.05) is 25.5 Å². The normalized spacial score (nSPS) is 16.9. The molecule has 2 aliphatic rings. The molecule has 2 aromatic rings. The molecule has 0 aromatic heterocycles. The molecule has 0 saturated heterocycles. The summed E-state index contributed by atoms with van der Waals surface area (Å²) in [7, 11) is -0.472. The van der Waals surface area contributed by atoms with Crippen molar-refractivity contribution in [1.82, 2.24) is 4.31 Å². The lowest BCUT2D eigenvalue weighted by molar-refractivity contribution is -0.124. The minimum absolute atomic E-state index is 0.116. The van der Waals surface area contributed by atoms with Gasteiger partial charge in [-0.2, -0.15) is 0 Å². The Morgan fingerprint density at radius 2 is 1.73 bits per heavy atom. The summed E-state index contributed by atoms with van der Waals surface area (Å²) in [5.74, 6) is 0.609. The van der Waals surface area contributed by atoms with Crippen LogP contribution < -0.4 is 9.64 Å². The van der Waals surface area contributed by atoms with Crippen molar-refractivity contribution in [1.29, 1.82) is 0 Å². The van der Waals surface area contributed by atoms with Crippen LogP contribution in [0.1, 0.15) is 36.5 Å². The lowest BCUT2D eigenvalue weighted by Gasteiger charge is -2.23. The van der Waals surface area contributed by atoms with Gasteiger partial charge in [-0.3, -0.25) is 4.79 Å². The fraction of sp³-hybridized carbons (Fsp3) is 0.435. The van der Waals surface area contributed by atoms with Crippen LogP contribution in [0.5, 0.6) is 5.75 Å². The number of carbonyl (C=O) groups excluding carboxylic acids is 1. The molecule has 4 rings (SSSR count). The number of rotatable bonds is 5. The summed E-state index contributed by atoms with van der Waals surface area (Å²) in [6, 6.07) is 11.1. The van der Waals surface area contributed by atoms with Gasteiger partial charge in [-0.1, -0.05) is 6.07 Å². The molecule has 1 aliphatic heterocycles. The maximum absolute atomic E-state index is 13.1. The Labute approximate surface area is 178 Å². The first-order chi connectivity index (χ1) is 14.3. The summed E-state index contributed by atoms with van der Waals surface area (Å²) >= 11 is 0. The van der Waals surface area contributed by atoms with Gasteiger partial charge in [0.15, 0.2) is 6.10 Å². The van der Waals surface area contributed by atoms with Crippen molar-refractivity contribution in [3.8, 4) is 5.75 Å². The van der Waals surface area contributed by atoms with Crippen molar-refractivity contribution < 1.29 is 17.9 Å². The average Bonchev–Trinajstić information content (AvgIpc) is 3.16. The first kappa shape index (κ1) is 20.9. The Morgan fingerprint density at radius 1 is 1.00 bits per heavy atom. The number of nitrogens with zero attached hydrogens (tertiary/aromatic N) is 2. The summed E-state index contributed by atoms with van der Waals surface area (Å²) in [5, 5.41) is 0. The topological polar surface area (TPSA) is 66.9 Å². The standard InChI is InChI=1S/C23H28N2O4S/c1-16(29-20-9-8-17-6-4-5-7-18(17)14-20)23(26)25-13-12-19-15-21(10-11-22(19)25)30(27,28)24(2)3/h8-11,14-16H,4-7,12-13H2,1-3H3. The molecule has 0 N–H and O–H groups in total. The lowest BCUT2D eigenvalue weighted by atomic mass is 9.92. The summed E-state index contributed by atoms with van der Waals surface area (Å²) in [5.41, 5.74) is 4.33. The molecule has 1 aliphatic carbocycles. The summed E-state index contributed by atoms with van der Waals surface area (Å²) in [6.45, 7) is 2.29. The van der Waals surface area contributed by atoms with Gasteiger partial charge >= 0.3 is 0 Å². The van der Waals surface area contributed by atoms with Crippen LogP contribution in [0.2, 0.25) is 0 Å². The third-order valence-electron chi connectivity index (χ3n) is 5.97. The first-order valence-electron chi connectivity index (χ1n) is 10.4. The van der Waals surface area contributed by atoms with Crippen LogP contribution in [0.25, 0.3) is 0 Å². The van der Waals surface area contributed by atoms with E-state index in [1.54, 1.807) is 30.0 Å². The summed E-state index contributed by atoms with van der Waals surface area (Å²) < 4.78 is 32.0. The fourth-order valence-electron chi connectivity index (χ4n) is 4.24. The number of hydrogen-bond donors (Lipinski definition) is 0. The number of ether oxygens (including phenoxy) is 1. The van der Waals surface area contributed by atoms with Crippen LogP contribution in [0.15, 0.2) is 41.3 Å². The molecule has 1 heterocycles. The Morgan fingerprint density at radius 3 is 2.47 bits per heavy atom. The number of hydrogen-bond acceptors (Lipinski definition) is 4. The molecule has 0 radical (unpaired) electrons. The smallest absolute Gasteiger partial charge is 0.267 e. The van der Waals surface area contributed by atoms with E-state index >= 15 is 0 Å². The maximum Gasteiger partial charge on any atom is 0.267 e. The predicted molar refractivity (Wildman–Crippen MR) is 117 cm³/mol. The highest BCUT2D eigenvalue weighted by Gasteiger charge is 2.30. The van der Waals surface area contributed by atoms with E-state index in [-0.39, 0.29) is 10.8 Å². The van der Waals surface area contributed by atoms with Gasteiger partial charge in [0.25, 0.3) is 5.91 Å². The third kappa shape index (κ3) is 3.84. The van der Waals surface area contributed by atoms with E-state index in [1.165, 1.54) is 42.4 Å². The molecule has 1 atom stereocenters. The van der Waals surface area contributed by atoms with Crippen molar-refractivity contribution in [3.05, 3.63) is 53.1 Å². The molecule has 7 heteroatoms. The van der Waals surface area contributed by atoms with Crippen LogP contribution in [0, 0.1) is 0 Å². The van der Waals surface area contributed by atoms with Crippen molar-refractivity contribution in [2.24, 2.45) is 0 Å². The van der Waals surface area contributed by atoms with Gasteiger partial charge < -0.3 is 9.64 Å². The molecular weight excluding hydrogens is 400 g/mol. The minimum Gasteiger partial charge on any atom is -0.481 e.